The normalized spacial score (nSPS) is 12.9. The van der Waals surface area contributed by atoms with E-state index < -0.39 is 5.41 Å². The van der Waals surface area contributed by atoms with Crippen LogP contribution in [0.3, 0.4) is 0 Å². The van der Waals surface area contributed by atoms with Crippen molar-refractivity contribution in [1.82, 2.24) is 5.43 Å². The fourth-order valence-corrected chi connectivity index (χ4v) is 2.25. The Kier molecular flexibility index (Phi) is 5.12. The summed E-state index contributed by atoms with van der Waals surface area (Å²) in [7, 11) is 0. The fourth-order valence-electron chi connectivity index (χ4n) is 2.25. The van der Waals surface area contributed by atoms with Crippen LogP contribution in [0.25, 0.3) is 0 Å². The highest BCUT2D eigenvalue weighted by molar-refractivity contribution is 5.97. The molecule has 2 amide bonds. The summed E-state index contributed by atoms with van der Waals surface area (Å²) >= 11 is 0. The van der Waals surface area contributed by atoms with Crippen LogP contribution in [0.15, 0.2) is 47.6 Å². The zero-order valence-corrected chi connectivity index (χ0v) is 15.4. The first kappa shape index (κ1) is 18.4. The maximum absolute atomic E-state index is 12.2. The van der Waals surface area contributed by atoms with Gasteiger partial charge < -0.3 is 14.8 Å². The number of nitrogens with one attached hydrogen (secondary N) is 2. The first-order valence-electron chi connectivity index (χ1n) is 8.47. The molecule has 0 bridgehead atoms. The van der Waals surface area contributed by atoms with Crippen LogP contribution in [0.4, 0.5) is 5.69 Å². The van der Waals surface area contributed by atoms with Crippen LogP contribution < -0.4 is 20.2 Å². The molecule has 140 valence electrons. The smallest absolute Gasteiger partial charge is 0.271 e. The number of hydrogen-bond acceptors (Lipinski definition) is 5. The first-order valence-corrected chi connectivity index (χ1v) is 8.47. The molecule has 7 heteroatoms. The Bertz CT molecular complexity index is 883. The van der Waals surface area contributed by atoms with Crippen molar-refractivity contribution in [2.75, 3.05) is 12.1 Å². The molecular formula is C20H21N3O4. The van der Waals surface area contributed by atoms with Gasteiger partial charge in [0, 0.05) is 16.7 Å². The number of carbonyl (C=O) groups excluding carboxylic acids is 2. The number of nitrogens with zero attached hydrogens (tertiary/aromatic N) is 1. The average molecular weight is 367 g/mol. The van der Waals surface area contributed by atoms with Crippen molar-refractivity contribution in [2.45, 2.75) is 20.8 Å². The van der Waals surface area contributed by atoms with Gasteiger partial charge in [-0.1, -0.05) is 20.8 Å². The number of hydrazone groups is 1. The summed E-state index contributed by atoms with van der Waals surface area (Å²) in [5.74, 6) is 0.904. The van der Waals surface area contributed by atoms with Crippen LogP contribution in [-0.2, 0) is 4.79 Å². The zero-order valence-electron chi connectivity index (χ0n) is 15.4. The van der Waals surface area contributed by atoms with Gasteiger partial charge in [-0.15, -0.1) is 0 Å². The minimum absolute atomic E-state index is 0.0898. The van der Waals surface area contributed by atoms with E-state index in [0.29, 0.717) is 22.7 Å². The second kappa shape index (κ2) is 7.49. The molecule has 2 N–H and O–H groups in total. The van der Waals surface area contributed by atoms with E-state index in [4.69, 9.17) is 9.47 Å². The maximum Gasteiger partial charge on any atom is 0.271 e. The lowest BCUT2D eigenvalue weighted by atomic mass is 9.95. The lowest BCUT2D eigenvalue weighted by molar-refractivity contribution is -0.123. The second-order valence-corrected chi connectivity index (χ2v) is 7.09. The molecule has 0 radical (unpaired) electrons. The van der Waals surface area contributed by atoms with Crippen LogP contribution in [-0.4, -0.2) is 24.8 Å². The van der Waals surface area contributed by atoms with Crippen molar-refractivity contribution >= 4 is 23.7 Å². The second-order valence-electron chi connectivity index (χ2n) is 7.09. The van der Waals surface area contributed by atoms with E-state index in [0.717, 1.165) is 5.56 Å². The van der Waals surface area contributed by atoms with Crippen molar-refractivity contribution in [2.24, 2.45) is 10.5 Å². The lowest BCUT2D eigenvalue weighted by Gasteiger charge is -2.17. The Morgan fingerprint density at radius 2 is 1.74 bits per heavy atom. The summed E-state index contributed by atoms with van der Waals surface area (Å²) in [5, 5.41) is 6.77. The predicted molar refractivity (Wildman–Crippen MR) is 102 cm³/mol. The predicted octanol–water partition coefficient (Wildman–Crippen LogP) is 3.16. The molecule has 0 aliphatic carbocycles. The van der Waals surface area contributed by atoms with Crippen molar-refractivity contribution in [3.63, 3.8) is 0 Å². The maximum atomic E-state index is 12.2. The number of rotatable bonds is 4. The highest BCUT2D eigenvalue weighted by Crippen LogP contribution is 2.31. The Balaban J connectivity index is 1.57. The molecule has 27 heavy (non-hydrogen) atoms. The van der Waals surface area contributed by atoms with Crippen LogP contribution in [0, 0.1) is 5.41 Å². The first-order chi connectivity index (χ1) is 12.8. The molecule has 1 aliphatic rings. The third-order valence-corrected chi connectivity index (χ3v) is 3.86. The standard InChI is InChI=1S/C20H21N3O4/c1-20(2,3)19(25)22-15-7-5-14(6-8-15)18(24)23-21-11-13-4-9-16-17(10-13)27-12-26-16/h4-11H,12H2,1-3H3,(H,22,25)(H,23,24)/b21-11-. The third-order valence-electron chi connectivity index (χ3n) is 3.86. The summed E-state index contributed by atoms with van der Waals surface area (Å²) in [6.07, 6.45) is 1.53. The quantitative estimate of drug-likeness (QED) is 0.642. The van der Waals surface area contributed by atoms with Crippen molar-refractivity contribution < 1.29 is 19.1 Å². The van der Waals surface area contributed by atoms with E-state index in [2.05, 4.69) is 15.8 Å². The highest BCUT2D eigenvalue weighted by atomic mass is 16.7. The van der Waals surface area contributed by atoms with Gasteiger partial charge >= 0.3 is 0 Å². The van der Waals surface area contributed by atoms with Gasteiger partial charge in [0.1, 0.15) is 0 Å². The summed E-state index contributed by atoms with van der Waals surface area (Å²) < 4.78 is 10.5. The van der Waals surface area contributed by atoms with Crippen LogP contribution in [0.2, 0.25) is 0 Å². The van der Waals surface area contributed by atoms with Gasteiger partial charge in [-0.3, -0.25) is 9.59 Å². The van der Waals surface area contributed by atoms with Gasteiger partial charge in [-0.2, -0.15) is 5.10 Å². The van der Waals surface area contributed by atoms with Crippen molar-refractivity contribution in [3.8, 4) is 11.5 Å². The molecule has 0 saturated heterocycles. The third kappa shape index (κ3) is 4.63. The van der Waals surface area contributed by atoms with E-state index in [9.17, 15) is 9.59 Å². The van der Waals surface area contributed by atoms with Crippen LogP contribution in [0.5, 0.6) is 11.5 Å². The van der Waals surface area contributed by atoms with Gasteiger partial charge in [-0.25, -0.2) is 5.43 Å². The molecule has 0 spiro atoms. The molecule has 1 aliphatic heterocycles. The van der Waals surface area contributed by atoms with Gasteiger partial charge in [0.05, 0.1) is 6.21 Å². The van der Waals surface area contributed by atoms with Gasteiger partial charge in [0.15, 0.2) is 11.5 Å². The van der Waals surface area contributed by atoms with Crippen molar-refractivity contribution in [3.05, 3.63) is 53.6 Å². The highest BCUT2D eigenvalue weighted by Gasteiger charge is 2.21. The molecule has 2 aromatic carbocycles. The number of hydrogen-bond donors (Lipinski definition) is 2. The molecule has 3 rings (SSSR count). The van der Waals surface area contributed by atoms with Gasteiger partial charge in [0.2, 0.25) is 12.7 Å². The average Bonchev–Trinajstić information content (AvgIpc) is 3.09. The van der Waals surface area contributed by atoms with Crippen LogP contribution >= 0.6 is 0 Å². The fraction of sp³-hybridized carbons (Fsp3) is 0.250. The number of carbonyl (C=O) groups is 2. The minimum Gasteiger partial charge on any atom is -0.454 e. The van der Waals surface area contributed by atoms with Crippen molar-refractivity contribution in [1.29, 1.82) is 0 Å². The Hall–Kier alpha value is -3.35. The molecule has 0 saturated carbocycles. The van der Waals surface area contributed by atoms with Crippen LogP contribution in [0.1, 0.15) is 36.7 Å². The molecular weight excluding hydrogens is 346 g/mol. The number of amides is 2. The molecule has 1 heterocycles. The van der Waals surface area contributed by atoms with E-state index in [1.54, 1.807) is 36.4 Å². The minimum atomic E-state index is -0.487. The zero-order chi connectivity index (χ0) is 19.4. The number of fused-ring (bicyclic) bond motifs is 1. The lowest BCUT2D eigenvalue weighted by Crippen LogP contribution is -2.27. The van der Waals surface area contributed by atoms with E-state index in [-0.39, 0.29) is 18.6 Å². The molecule has 0 aromatic heterocycles. The Morgan fingerprint density at radius 1 is 1.04 bits per heavy atom. The molecule has 0 fully saturated rings. The number of benzene rings is 2. The Morgan fingerprint density at radius 3 is 2.44 bits per heavy atom. The summed E-state index contributed by atoms with van der Waals surface area (Å²) in [6, 6.07) is 12.0. The van der Waals surface area contributed by atoms with Gasteiger partial charge in [0.25, 0.3) is 5.91 Å². The largest absolute Gasteiger partial charge is 0.454 e. The summed E-state index contributed by atoms with van der Waals surface area (Å²) in [5.41, 5.74) is 3.83. The molecule has 7 nitrogen and oxygen atoms in total. The van der Waals surface area contributed by atoms with E-state index >= 15 is 0 Å². The SMILES string of the molecule is CC(C)(C)C(=O)Nc1ccc(C(=O)N/N=C\c2ccc3c(c2)OCO3)cc1. The topological polar surface area (TPSA) is 89.0 Å². The number of ether oxygens (including phenoxy) is 2. The molecule has 0 atom stereocenters. The summed E-state index contributed by atoms with van der Waals surface area (Å²) in [4.78, 5) is 24.1. The molecule has 2 aromatic rings. The number of anilines is 1. The van der Waals surface area contributed by atoms with E-state index in [1.807, 2.05) is 26.8 Å². The van der Waals surface area contributed by atoms with E-state index in [1.165, 1.54) is 6.21 Å². The van der Waals surface area contributed by atoms with Gasteiger partial charge in [-0.05, 0) is 48.0 Å². The molecule has 0 unspecified atom stereocenters. The summed E-state index contributed by atoms with van der Waals surface area (Å²) in [6.45, 7) is 5.71. The Labute approximate surface area is 157 Å². The monoisotopic (exact) mass is 367 g/mol.